The maximum Gasteiger partial charge on any atom is 0.191 e. The van der Waals surface area contributed by atoms with Crippen molar-refractivity contribution in [2.75, 3.05) is 26.7 Å². The molecule has 24 heavy (non-hydrogen) atoms. The number of aromatic nitrogens is 2. The predicted octanol–water partition coefficient (Wildman–Crippen LogP) is 1.46. The van der Waals surface area contributed by atoms with Gasteiger partial charge in [-0.15, -0.1) is 0 Å². The van der Waals surface area contributed by atoms with Gasteiger partial charge in [-0.25, -0.2) is 0 Å². The van der Waals surface area contributed by atoms with Crippen LogP contribution in [-0.2, 0) is 6.54 Å². The largest absolute Gasteiger partial charge is 0.396 e. The highest BCUT2D eigenvalue weighted by atomic mass is 16.3. The molecule has 0 amide bonds. The van der Waals surface area contributed by atoms with Crippen molar-refractivity contribution < 1.29 is 5.11 Å². The van der Waals surface area contributed by atoms with Crippen LogP contribution in [0, 0.1) is 5.92 Å². The van der Waals surface area contributed by atoms with Crippen LogP contribution in [0.1, 0.15) is 18.4 Å². The Morgan fingerprint density at radius 1 is 1.21 bits per heavy atom. The molecule has 0 aliphatic carbocycles. The van der Waals surface area contributed by atoms with Crippen molar-refractivity contribution in [3.8, 4) is 0 Å². The molecule has 2 aromatic rings. The molecule has 0 saturated heterocycles. The topological polar surface area (TPSA) is 74.5 Å². The van der Waals surface area contributed by atoms with Gasteiger partial charge in [0.25, 0.3) is 0 Å². The van der Waals surface area contributed by atoms with Gasteiger partial charge in [-0.3, -0.25) is 9.67 Å². The Balaban J connectivity index is 1.77. The molecule has 2 atom stereocenters. The smallest absolute Gasteiger partial charge is 0.191 e. The minimum Gasteiger partial charge on any atom is -0.396 e. The normalized spacial score (nSPS) is 14.2. The van der Waals surface area contributed by atoms with E-state index in [0.717, 1.165) is 24.6 Å². The van der Waals surface area contributed by atoms with Crippen LogP contribution in [-0.4, -0.2) is 47.6 Å². The van der Waals surface area contributed by atoms with Crippen molar-refractivity contribution in [1.82, 2.24) is 20.4 Å². The fourth-order valence-corrected chi connectivity index (χ4v) is 2.52. The summed E-state index contributed by atoms with van der Waals surface area (Å²) in [7, 11) is 1.75. The van der Waals surface area contributed by atoms with Gasteiger partial charge in [0.2, 0.25) is 0 Å². The lowest BCUT2D eigenvalue weighted by atomic mass is 10.0. The zero-order chi connectivity index (χ0) is 17.2. The summed E-state index contributed by atoms with van der Waals surface area (Å²) < 4.78 is 1.93. The summed E-state index contributed by atoms with van der Waals surface area (Å²) in [5.74, 6) is 1.22. The molecule has 3 N–H and O–H groups in total. The molecular formula is C18H27N5O. The number of aliphatic imine (C=N–C) groups is 1. The van der Waals surface area contributed by atoms with E-state index in [4.69, 9.17) is 0 Å². The van der Waals surface area contributed by atoms with Gasteiger partial charge in [-0.1, -0.05) is 37.3 Å². The molecule has 130 valence electrons. The van der Waals surface area contributed by atoms with Crippen molar-refractivity contribution >= 4 is 5.96 Å². The first-order chi connectivity index (χ1) is 11.7. The van der Waals surface area contributed by atoms with Crippen LogP contribution < -0.4 is 10.6 Å². The highest BCUT2D eigenvalue weighted by Gasteiger charge is 2.11. The number of aliphatic hydroxyl groups excluding tert-OH is 1. The number of aliphatic hydroxyl groups is 1. The van der Waals surface area contributed by atoms with Crippen LogP contribution in [0.15, 0.2) is 53.8 Å². The highest BCUT2D eigenvalue weighted by molar-refractivity contribution is 5.79. The Bertz CT molecular complexity index is 597. The highest BCUT2D eigenvalue weighted by Crippen LogP contribution is 2.13. The molecule has 0 spiro atoms. The molecule has 0 aliphatic heterocycles. The van der Waals surface area contributed by atoms with Crippen LogP contribution >= 0.6 is 0 Å². The number of nitrogens with zero attached hydrogens (tertiary/aromatic N) is 3. The second-order valence-electron chi connectivity index (χ2n) is 5.96. The number of nitrogens with one attached hydrogen (secondary N) is 2. The Labute approximate surface area is 143 Å². The van der Waals surface area contributed by atoms with E-state index in [2.05, 4.69) is 27.6 Å². The fraction of sp³-hybridized carbons (Fsp3) is 0.444. The van der Waals surface area contributed by atoms with E-state index >= 15 is 0 Å². The summed E-state index contributed by atoms with van der Waals surface area (Å²) in [6, 6.07) is 12.0. The van der Waals surface area contributed by atoms with E-state index in [0.29, 0.717) is 12.5 Å². The monoisotopic (exact) mass is 329 g/mol. The lowest BCUT2D eigenvalue weighted by molar-refractivity contribution is 0.265. The average molecular weight is 329 g/mol. The Kier molecular flexibility index (Phi) is 7.29. The van der Waals surface area contributed by atoms with Gasteiger partial charge in [0.15, 0.2) is 5.96 Å². The summed E-state index contributed by atoms with van der Waals surface area (Å²) >= 11 is 0. The first kappa shape index (κ1) is 18.0. The van der Waals surface area contributed by atoms with Crippen molar-refractivity contribution in [2.45, 2.75) is 19.4 Å². The van der Waals surface area contributed by atoms with E-state index in [1.165, 1.54) is 0 Å². The Morgan fingerprint density at radius 2 is 1.96 bits per heavy atom. The SMILES string of the molecule is CN=C(NCC(C)Cn1cccn1)NCC(CO)c1ccccc1. The van der Waals surface area contributed by atoms with Gasteiger partial charge in [-0.2, -0.15) is 5.10 Å². The Hall–Kier alpha value is -2.34. The van der Waals surface area contributed by atoms with Gasteiger partial charge in [0.1, 0.15) is 0 Å². The van der Waals surface area contributed by atoms with Gasteiger partial charge in [-0.05, 0) is 17.5 Å². The van der Waals surface area contributed by atoms with Gasteiger partial charge < -0.3 is 15.7 Å². The maximum absolute atomic E-state index is 9.62. The third kappa shape index (κ3) is 5.70. The molecule has 2 unspecified atom stereocenters. The summed E-state index contributed by atoms with van der Waals surface area (Å²) in [4.78, 5) is 4.25. The van der Waals surface area contributed by atoms with Crippen molar-refractivity contribution in [2.24, 2.45) is 10.9 Å². The van der Waals surface area contributed by atoms with Gasteiger partial charge in [0, 0.05) is 45.0 Å². The van der Waals surface area contributed by atoms with E-state index < -0.39 is 0 Å². The van der Waals surface area contributed by atoms with Crippen molar-refractivity contribution in [1.29, 1.82) is 0 Å². The number of hydrogen-bond acceptors (Lipinski definition) is 3. The minimum absolute atomic E-state index is 0.0475. The molecule has 0 radical (unpaired) electrons. The fourth-order valence-electron chi connectivity index (χ4n) is 2.52. The zero-order valence-corrected chi connectivity index (χ0v) is 14.4. The zero-order valence-electron chi connectivity index (χ0n) is 14.4. The molecule has 6 heteroatoms. The molecule has 0 bridgehead atoms. The third-order valence-electron chi connectivity index (χ3n) is 3.91. The molecule has 1 heterocycles. The van der Waals surface area contributed by atoms with Crippen LogP contribution in [0.2, 0.25) is 0 Å². The molecule has 0 fully saturated rings. The lowest BCUT2D eigenvalue weighted by Crippen LogP contribution is -2.42. The summed E-state index contributed by atoms with van der Waals surface area (Å²) in [6.07, 6.45) is 3.76. The molecular weight excluding hydrogens is 302 g/mol. The number of rotatable bonds is 8. The summed E-state index contributed by atoms with van der Waals surface area (Å²) in [6.45, 7) is 4.56. The third-order valence-corrected chi connectivity index (χ3v) is 3.91. The molecule has 0 aliphatic rings. The number of hydrogen-bond donors (Lipinski definition) is 3. The summed E-state index contributed by atoms with van der Waals surface area (Å²) in [5.41, 5.74) is 1.12. The molecule has 1 aromatic heterocycles. The number of benzene rings is 1. The van der Waals surface area contributed by atoms with E-state index in [1.54, 1.807) is 13.2 Å². The number of guanidine groups is 1. The van der Waals surface area contributed by atoms with Crippen LogP contribution in [0.3, 0.4) is 0 Å². The van der Waals surface area contributed by atoms with Crippen LogP contribution in [0.5, 0.6) is 0 Å². The standard InChI is InChI=1S/C18H27N5O/c1-15(13-23-10-6-9-22-23)11-20-18(19-2)21-12-17(14-24)16-7-4-3-5-8-16/h3-10,15,17,24H,11-14H2,1-2H3,(H2,19,20,21). The first-order valence-corrected chi connectivity index (χ1v) is 8.30. The van der Waals surface area contributed by atoms with E-state index in [1.807, 2.05) is 47.3 Å². The van der Waals surface area contributed by atoms with Crippen LogP contribution in [0.25, 0.3) is 0 Å². The van der Waals surface area contributed by atoms with Crippen molar-refractivity contribution in [3.05, 3.63) is 54.4 Å². The Morgan fingerprint density at radius 3 is 2.58 bits per heavy atom. The lowest BCUT2D eigenvalue weighted by Gasteiger charge is -2.19. The summed E-state index contributed by atoms with van der Waals surface area (Å²) in [5, 5.41) is 20.5. The van der Waals surface area contributed by atoms with E-state index in [-0.39, 0.29) is 12.5 Å². The van der Waals surface area contributed by atoms with Crippen molar-refractivity contribution in [3.63, 3.8) is 0 Å². The second-order valence-corrected chi connectivity index (χ2v) is 5.96. The molecule has 6 nitrogen and oxygen atoms in total. The maximum atomic E-state index is 9.62. The second kappa shape index (κ2) is 9.72. The molecule has 0 saturated carbocycles. The quantitative estimate of drug-likeness (QED) is 0.506. The van der Waals surface area contributed by atoms with Gasteiger partial charge in [0.05, 0.1) is 6.61 Å². The average Bonchev–Trinajstić information content (AvgIpc) is 3.12. The van der Waals surface area contributed by atoms with Crippen LogP contribution in [0.4, 0.5) is 0 Å². The van der Waals surface area contributed by atoms with Gasteiger partial charge >= 0.3 is 0 Å². The van der Waals surface area contributed by atoms with E-state index in [9.17, 15) is 5.11 Å². The molecule has 2 rings (SSSR count). The first-order valence-electron chi connectivity index (χ1n) is 8.30. The minimum atomic E-state index is 0.0475. The molecule has 1 aromatic carbocycles. The predicted molar refractivity (Wildman–Crippen MR) is 97.0 cm³/mol.